The van der Waals surface area contributed by atoms with Gasteiger partial charge in [0, 0.05) is 6.61 Å². The summed E-state index contributed by atoms with van der Waals surface area (Å²) in [5, 5.41) is 8.79. The zero-order valence-electron chi connectivity index (χ0n) is 8.33. The monoisotopic (exact) mass is 272 g/mol. The molecule has 2 rings (SSSR count). The molecular weight excluding hydrogens is 260 g/mol. The summed E-state index contributed by atoms with van der Waals surface area (Å²) in [6.45, 7) is 1.41. The van der Waals surface area contributed by atoms with Gasteiger partial charge < -0.3 is 14.6 Å². The van der Waals surface area contributed by atoms with Crippen LogP contribution in [0.5, 0.6) is 11.5 Å². The number of fused-ring (bicyclic) bond motifs is 1. The van der Waals surface area contributed by atoms with Crippen LogP contribution in [-0.4, -0.2) is 24.9 Å². The van der Waals surface area contributed by atoms with Gasteiger partial charge in [0.05, 0.1) is 4.47 Å². The lowest BCUT2D eigenvalue weighted by atomic mass is 10.1. The van der Waals surface area contributed by atoms with Gasteiger partial charge >= 0.3 is 0 Å². The molecule has 1 aliphatic heterocycles. The highest BCUT2D eigenvalue weighted by Crippen LogP contribution is 2.39. The van der Waals surface area contributed by atoms with Crippen molar-refractivity contribution in [2.75, 3.05) is 19.8 Å². The predicted molar refractivity (Wildman–Crippen MR) is 60.5 cm³/mol. The lowest BCUT2D eigenvalue weighted by Gasteiger charge is -2.20. The van der Waals surface area contributed by atoms with Crippen molar-refractivity contribution < 1.29 is 14.6 Å². The van der Waals surface area contributed by atoms with Crippen LogP contribution in [0.1, 0.15) is 12.0 Å². The van der Waals surface area contributed by atoms with Gasteiger partial charge in [-0.1, -0.05) is 6.07 Å². The molecule has 1 N–H and O–H groups in total. The highest BCUT2D eigenvalue weighted by molar-refractivity contribution is 9.10. The van der Waals surface area contributed by atoms with Crippen LogP contribution >= 0.6 is 15.9 Å². The molecule has 1 heterocycles. The van der Waals surface area contributed by atoms with Crippen LogP contribution in [0.3, 0.4) is 0 Å². The number of benzene rings is 1. The summed E-state index contributed by atoms with van der Waals surface area (Å²) < 4.78 is 12.0. The molecule has 15 heavy (non-hydrogen) atoms. The minimum absolute atomic E-state index is 0.209. The zero-order valence-corrected chi connectivity index (χ0v) is 9.92. The number of hydrogen-bond acceptors (Lipinski definition) is 3. The van der Waals surface area contributed by atoms with Crippen molar-refractivity contribution in [3.63, 3.8) is 0 Å². The minimum atomic E-state index is 0.209. The summed E-state index contributed by atoms with van der Waals surface area (Å²) in [6.07, 6.45) is 1.60. The number of aliphatic hydroxyl groups excluding tert-OH is 1. The van der Waals surface area contributed by atoms with Crippen LogP contribution in [0.25, 0.3) is 0 Å². The Morgan fingerprint density at radius 2 is 2.07 bits per heavy atom. The first-order valence-corrected chi connectivity index (χ1v) is 5.80. The molecule has 0 spiro atoms. The number of ether oxygens (including phenoxy) is 2. The second-order valence-electron chi connectivity index (χ2n) is 3.39. The molecule has 0 radical (unpaired) electrons. The van der Waals surface area contributed by atoms with Crippen molar-refractivity contribution in [3.8, 4) is 11.5 Å². The Morgan fingerprint density at radius 3 is 2.87 bits per heavy atom. The first-order chi connectivity index (χ1) is 7.33. The number of aliphatic hydroxyl groups is 1. The van der Waals surface area contributed by atoms with Crippen molar-refractivity contribution in [1.29, 1.82) is 0 Å². The third-order valence-corrected chi connectivity index (χ3v) is 3.20. The van der Waals surface area contributed by atoms with Crippen molar-refractivity contribution in [1.82, 2.24) is 0 Å². The van der Waals surface area contributed by atoms with E-state index in [-0.39, 0.29) is 6.61 Å². The quantitative estimate of drug-likeness (QED) is 0.917. The molecule has 3 nitrogen and oxygen atoms in total. The van der Waals surface area contributed by atoms with Crippen LogP contribution in [-0.2, 0) is 6.42 Å². The Morgan fingerprint density at radius 1 is 1.27 bits per heavy atom. The molecule has 4 heteroatoms. The summed E-state index contributed by atoms with van der Waals surface area (Å²) in [4.78, 5) is 0. The molecule has 0 amide bonds. The molecule has 0 fully saturated rings. The van der Waals surface area contributed by atoms with Gasteiger partial charge in [-0.25, -0.2) is 0 Å². The third-order valence-electron chi connectivity index (χ3n) is 2.33. The number of halogens is 1. The second kappa shape index (κ2) is 4.86. The fourth-order valence-corrected chi connectivity index (χ4v) is 2.23. The Bertz CT molecular complexity index is 352. The first-order valence-electron chi connectivity index (χ1n) is 5.01. The van der Waals surface area contributed by atoms with E-state index in [9.17, 15) is 0 Å². The SMILES string of the molecule is OCCCc1ccc2c(c1Br)OCCO2. The molecule has 0 saturated heterocycles. The van der Waals surface area contributed by atoms with Gasteiger partial charge in [0.1, 0.15) is 13.2 Å². The van der Waals surface area contributed by atoms with Crippen molar-refractivity contribution in [2.45, 2.75) is 12.8 Å². The lowest BCUT2D eigenvalue weighted by Crippen LogP contribution is -2.16. The smallest absolute Gasteiger partial charge is 0.175 e. The maximum Gasteiger partial charge on any atom is 0.175 e. The molecule has 0 atom stereocenters. The van der Waals surface area contributed by atoms with Gasteiger partial charge in [0.15, 0.2) is 11.5 Å². The van der Waals surface area contributed by atoms with Crippen LogP contribution < -0.4 is 9.47 Å². The molecule has 82 valence electrons. The Balaban J connectivity index is 2.26. The molecule has 0 saturated carbocycles. The van der Waals surface area contributed by atoms with E-state index in [2.05, 4.69) is 15.9 Å². The van der Waals surface area contributed by atoms with Crippen LogP contribution in [0.2, 0.25) is 0 Å². The van der Waals surface area contributed by atoms with Gasteiger partial charge in [-0.3, -0.25) is 0 Å². The average molecular weight is 273 g/mol. The minimum Gasteiger partial charge on any atom is -0.486 e. The molecule has 0 unspecified atom stereocenters. The van der Waals surface area contributed by atoms with Crippen LogP contribution in [0.4, 0.5) is 0 Å². The van der Waals surface area contributed by atoms with Crippen molar-refractivity contribution in [3.05, 3.63) is 22.2 Å². The highest BCUT2D eigenvalue weighted by atomic mass is 79.9. The number of rotatable bonds is 3. The van der Waals surface area contributed by atoms with E-state index < -0.39 is 0 Å². The van der Waals surface area contributed by atoms with Crippen molar-refractivity contribution >= 4 is 15.9 Å². The fraction of sp³-hybridized carbons (Fsp3) is 0.455. The maximum absolute atomic E-state index is 8.79. The van der Waals surface area contributed by atoms with E-state index in [0.717, 1.165) is 34.4 Å². The largest absolute Gasteiger partial charge is 0.486 e. The summed E-state index contributed by atoms with van der Waals surface area (Å²) >= 11 is 3.51. The van der Waals surface area contributed by atoms with Crippen molar-refractivity contribution in [2.24, 2.45) is 0 Å². The Labute approximate surface area is 97.1 Å². The van der Waals surface area contributed by atoms with Crippen LogP contribution in [0, 0.1) is 0 Å². The fourth-order valence-electron chi connectivity index (χ4n) is 1.59. The van der Waals surface area contributed by atoms with Gasteiger partial charge in [-0.05, 0) is 40.4 Å². The average Bonchev–Trinajstić information content (AvgIpc) is 2.29. The third kappa shape index (κ3) is 2.26. The summed E-state index contributed by atoms with van der Waals surface area (Å²) in [7, 11) is 0. The van der Waals surface area contributed by atoms with Crippen LogP contribution in [0.15, 0.2) is 16.6 Å². The number of aryl methyl sites for hydroxylation is 1. The van der Waals surface area contributed by atoms with E-state index in [1.54, 1.807) is 0 Å². The number of hydrogen-bond donors (Lipinski definition) is 1. The van der Waals surface area contributed by atoms with Gasteiger partial charge in [0.25, 0.3) is 0 Å². The Kier molecular flexibility index (Phi) is 3.49. The normalized spacial score (nSPS) is 14.0. The molecule has 0 aromatic heterocycles. The van der Waals surface area contributed by atoms with E-state index in [4.69, 9.17) is 14.6 Å². The topological polar surface area (TPSA) is 38.7 Å². The summed E-state index contributed by atoms with van der Waals surface area (Å²) in [6, 6.07) is 3.93. The molecule has 1 aromatic rings. The predicted octanol–water partition coefficient (Wildman–Crippen LogP) is 2.15. The highest BCUT2D eigenvalue weighted by Gasteiger charge is 2.17. The van der Waals surface area contributed by atoms with E-state index >= 15 is 0 Å². The molecule has 1 aromatic carbocycles. The van der Waals surface area contributed by atoms with E-state index in [1.165, 1.54) is 0 Å². The summed E-state index contributed by atoms with van der Waals surface area (Å²) in [5.41, 5.74) is 1.15. The van der Waals surface area contributed by atoms with Gasteiger partial charge in [-0.15, -0.1) is 0 Å². The molecule has 0 bridgehead atoms. The summed E-state index contributed by atoms with van der Waals surface area (Å²) in [5.74, 6) is 1.58. The lowest BCUT2D eigenvalue weighted by molar-refractivity contribution is 0.170. The Hall–Kier alpha value is -0.740. The first kappa shape index (κ1) is 10.8. The van der Waals surface area contributed by atoms with E-state index in [1.807, 2.05) is 12.1 Å². The van der Waals surface area contributed by atoms with Gasteiger partial charge in [-0.2, -0.15) is 0 Å². The van der Waals surface area contributed by atoms with E-state index in [0.29, 0.717) is 13.2 Å². The molecular formula is C11H13BrO3. The zero-order chi connectivity index (χ0) is 10.7. The molecule has 1 aliphatic rings. The standard InChI is InChI=1S/C11H13BrO3/c12-10-8(2-1-5-13)3-4-9-11(10)15-7-6-14-9/h3-4,13H,1-2,5-7H2. The molecule has 0 aliphatic carbocycles. The second-order valence-corrected chi connectivity index (χ2v) is 4.18. The maximum atomic E-state index is 8.79. The van der Waals surface area contributed by atoms with Gasteiger partial charge in [0.2, 0.25) is 0 Å².